The predicted octanol–water partition coefficient (Wildman–Crippen LogP) is 1.95. The van der Waals surface area contributed by atoms with Gasteiger partial charge in [0.2, 0.25) is 0 Å². The Morgan fingerprint density at radius 2 is 2.07 bits per heavy atom. The Balaban J connectivity index is 1.75. The summed E-state index contributed by atoms with van der Waals surface area (Å²) in [7, 11) is 1.47. The standard InChI is InChI=1S/C18H14BrN3O8/c1-28-13-6-12-10(5-11(13)19)9(4-16(25)30-12)8-29-18(27)21-14-2-3-22(7-15(23)24)17(26)20-14/h2-6H,7-8H2,1H3,(H,23,24)(H,20,21,26,27). The molecule has 2 heterocycles. The second-order valence-corrected chi connectivity index (χ2v) is 6.75. The van der Waals surface area contributed by atoms with Crippen LogP contribution in [-0.4, -0.2) is 33.8 Å². The van der Waals surface area contributed by atoms with Crippen molar-refractivity contribution >= 4 is 44.8 Å². The lowest BCUT2D eigenvalue weighted by atomic mass is 10.1. The van der Waals surface area contributed by atoms with Crippen molar-refractivity contribution in [1.29, 1.82) is 0 Å². The van der Waals surface area contributed by atoms with E-state index in [9.17, 15) is 19.2 Å². The number of anilines is 1. The van der Waals surface area contributed by atoms with Gasteiger partial charge in [0.15, 0.2) is 0 Å². The Morgan fingerprint density at radius 3 is 2.73 bits per heavy atom. The van der Waals surface area contributed by atoms with Crippen LogP contribution in [0.15, 0.2) is 48.9 Å². The van der Waals surface area contributed by atoms with Crippen LogP contribution in [0.4, 0.5) is 10.6 Å². The van der Waals surface area contributed by atoms with Gasteiger partial charge in [0.05, 0.1) is 11.6 Å². The number of methoxy groups -OCH3 is 1. The molecular weight excluding hydrogens is 466 g/mol. The predicted molar refractivity (Wildman–Crippen MR) is 107 cm³/mol. The molecule has 2 aromatic heterocycles. The number of fused-ring (bicyclic) bond motifs is 1. The van der Waals surface area contributed by atoms with Crippen LogP contribution in [0.25, 0.3) is 11.0 Å². The first-order valence-electron chi connectivity index (χ1n) is 8.30. The van der Waals surface area contributed by atoms with Crippen molar-refractivity contribution in [2.75, 3.05) is 12.4 Å². The zero-order chi connectivity index (χ0) is 21.8. The van der Waals surface area contributed by atoms with Gasteiger partial charge < -0.3 is 19.0 Å². The number of nitrogens with zero attached hydrogens (tertiary/aromatic N) is 2. The van der Waals surface area contributed by atoms with E-state index in [2.05, 4.69) is 26.2 Å². The molecule has 0 saturated carbocycles. The van der Waals surface area contributed by atoms with E-state index in [1.165, 1.54) is 31.5 Å². The van der Waals surface area contributed by atoms with Gasteiger partial charge >= 0.3 is 23.4 Å². The summed E-state index contributed by atoms with van der Waals surface area (Å²) >= 11 is 3.34. The van der Waals surface area contributed by atoms with Gasteiger partial charge in [-0.2, -0.15) is 4.98 Å². The quantitative estimate of drug-likeness (QED) is 0.505. The van der Waals surface area contributed by atoms with E-state index in [4.69, 9.17) is 19.0 Å². The Kier molecular flexibility index (Phi) is 6.16. The number of amides is 1. The largest absolute Gasteiger partial charge is 0.495 e. The smallest absolute Gasteiger partial charge is 0.413 e. The Morgan fingerprint density at radius 1 is 1.30 bits per heavy atom. The molecule has 3 rings (SSSR count). The highest BCUT2D eigenvalue weighted by molar-refractivity contribution is 9.10. The van der Waals surface area contributed by atoms with Gasteiger partial charge in [0.25, 0.3) is 0 Å². The zero-order valence-electron chi connectivity index (χ0n) is 15.4. The van der Waals surface area contributed by atoms with Crippen LogP contribution in [-0.2, 0) is 22.7 Å². The molecule has 1 aromatic carbocycles. The maximum Gasteiger partial charge on any atom is 0.413 e. The topological polar surface area (TPSA) is 150 Å². The third-order valence-electron chi connectivity index (χ3n) is 3.87. The number of aliphatic carboxylic acids is 1. The fraction of sp³-hybridized carbons (Fsp3) is 0.167. The van der Waals surface area contributed by atoms with E-state index in [1.807, 2.05) is 0 Å². The van der Waals surface area contributed by atoms with Crippen molar-refractivity contribution in [2.45, 2.75) is 13.2 Å². The number of benzene rings is 1. The van der Waals surface area contributed by atoms with Crippen molar-refractivity contribution < 1.29 is 28.6 Å². The molecule has 0 fully saturated rings. The molecular formula is C18H14BrN3O8. The van der Waals surface area contributed by atoms with Crippen LogP contribution < -0.4 is 21.4 Å². The van der Waals surface area contributed by atoms with E-state index in [1.54, 1.807) is 6.07 Å². The summed E-state index contributed by atoms with van der Waals surface area (Å²) in [5.74, 6) is -0.857. The molecule has 30 heavy (non-hydrogen) atoms. The average molecular weight is 480 g/mol. The highest BCUT2D eigenvalue weighted by Gasteiger charge is 2.13. The van der Waals surface area contributed by atoms with Gasteiger partial charge in [0, 0.05) is 29.3 Å². The van der Waals surface area contributed by atoms with Crippen LogP contribution in [0.3, 0.4) is 0 Å². The maximum atomic E-state index is 12.0. The Bertz CT molecular complexity index is 1250. The molecule has 156 valence electrons. The van der Waals surface area contributed by atoms with Crippen molar-refractivity contribution in [3.63, 3.8) is 0 Å². The first kappa shape index (κ1) is 21.0. The van der Waals surface area contributed by atoms with E-state index < -0.39 is 29.9 Å². The summed E-state index contributed by atoms with van der Waals surface area (Å²) < 4.78 is 16.9. The molecule has 0 aliphatic rings. The lowest BCUT2D eigenvalue weighted by Gasteiger charge is -2.10. The number of ether oxygens (including phenoxy) is 2. The van der Waals surface area contributed by atoms with Gasteiger partial charge in [-0.3, -0.25) is 14.7 Å². The fourth-order valence-corrected chi connectivity index (χ4v) is 3.06. The molecule has 0 saturated heterocycles. The highest BCUT2D eigenvalue weighted by Crippen LogP contribution is 2.31. The van der Waals surface area contributed by atoms with Gasteiger partial charge in [-0.1, -0.05) is 0 Å². The monoisotopic (exact) mass is 479 g/mol. The Labute approximate surface area is 176 Å². The molecule has 0 bridgehead atoms. The molecule has 2 N–H and O–H groups in total. The van der Waals surface area contributed by atoms with E-state index in [0.717, 1.165) is 4.57 Å². The van der Waals surface area contributed by atoms with Crippen LogP contribution in [0, 0.1) is 0 Å². The van der Waals surface area contributed by atoms with Crippen LogP contribution in [0.1, 0.15) is 5.56 Å². The SMILES string of the molecule is COc1cc2oc(=O)cc(COC(=O)Nc3ccn(CC(=O)O)c(=O)n3)c2cc1Br. The van der Waals surface area contributed by atoms with Gasteiger partial charge in [-0.05, 0) is 28.1 Å². The summed E-state index contributed by atoms with van der Waals surface area (Å²) in [6.45, 7) is -0.816. The second kappa shape index (κ2) is 8.78. The number of rotatable bonds is 6. The molecule has 3 aromatic rings. The lowest BCUT2D eigenvalue weighted by molar-refractivity contribution is -0.137. The zero-order valence-corrected chi connectivity index (χ0v) is 17.0. The molecule has 0 atom stereocenters. The molecule has 12 heteroatoms. The summed E-state index contributed by atoms with van der Waals surface area (Å²) in [6, 6.07) is 5.64. The van der Waals surface area contributed by atoms with Crippen LogP contribution >= 0.6 is 15.9 Å². The first-order chi connectivity index (χ1) is 14.3. The van der Waals surface area contributed by atoms with E-state index >= 15 is 0 Å². The van der Waals surface area contributed by atoms with E-state index in [-0.39, 0.29) is 18.0 Å². The number of carboxylic acids is 1. The van der Waals surface area contributed by atoms with Gasteiger partial charge in [-0.15, -0.1) is 0 Å². The van der Waals surface area contributed by atoms with Crippen molar-refractivity contribution in [3.05, 3.63) is 61.4 Å². The number of carbonyl (C=O) groups is 2. The lowest BCUT2D eigenvalue weighted by Crippen LogP contribution is -2.27. The molecule has 0 spiro atoms. The van der Waals surface area contributed by atoms with Gasteiger partial charge in [-0.25, -0.2) is 14.4 Å². The van der Waals surface area contributed by atoms with Crippen molar-refractivity contribution in [1.82, 2.24) is 9.55 Å². The molecule has 1 amide bonds. The third kappa shape index (κ3) is 4.84. The second-order valence-electron chi connectivity index (χ2n) is 5.89. The highest BCUT2D eigenvalue weighted by atomic mass is 79.9. The summed E-state index contributed by atoms with van der Waals surface area (Å²) in [4.78, 5) is 49.8. The summed E-state index contributed by atoms with van der Waals surface area (Å²) in [6.07, 6.45) is 0.256. The van der Waals surface area contributed by atoms with Crippen LogP contribution in [0.5, 0.6) is 5.75 Å². The molecule has 0 aliphatic carbocycles. The minimum Gasteiger partial charge on any atom is -0.495 e. The molecule has 0 radical (unpaired) electrons. The maximum absolute atomic E-state index is 12.0. The molecule has 11 nitrogen and oxygen atoms in total. The minimum atomic E-state index is -1.21. The normalized spacial score (nSPS) is 10.6. The summed E-state index contributed by atoms with van der Waals surface area (Å²) in [5.41, 5.74) is -0.829. The number of carbonyl (C=O) groups excluding carboxylic acids is 1. The number of halogens is 1. The molecule has 0 aliphatic heterocycles. The number of nitrogens with one attached hydrogen (secondary N) is 1. The average Bonchev–Trinajstić information content (AvgIpc) is 2.68. The Hall–Kier alpha value is -3.67. The molecule has 0 unspecified atom stereocenters. The third-order valence-corrected chi connectivity index (χ3v) is 4.49. The number of carboxylic acid groups (broad SMARTS) is 1. The first-order valence-corrected chi connectivity index (χ1v) is 9.09. The van der Waals surface area contributed by atoms with Crippen molar-refractivity contribution in [3.8, 4) is 5.75 Å². The minimum absolute atomic E-state index is 0.114. The van der Waals surface area contributed by atoms with E-state index in [0.29, 0.717) is 21.2 Å². The number of hydrogen-bond acceptors (Lipinski definition) is 8. The van der Waals surface area contributed by atoms with Crippen molar-refractivity contribution in [2.24, 2.45) is 0 Å². The van der Waals surface area contributed by atoms with Crippen LogP contribution in [0.2, 0.25) is 0 Å². The number of aromatic nitrogens is 2. The fourth-order valence-electron chi connectivity index (χ4n) is 2.55. The summed E-state index contributed by atoms with van der Waals surface area (Å²) in [5, 5.41) is 11.5. The number of hydrogen-bond donors (Lipinski definition) is 2. The van der Waals surface area contributed by atoms with Gasteiger partial charge in [0.1, 0.15) is 30.3 Å².